The molecule has 0 saturated carbocycles. The molecule has 6 nitrogen and oxygen atoms in total. The maximum absolute atomic E-state index is 11.6. The van der Waals surface area contributed by atoms with Gasteiger partial charge in [0.2, 0.25) is 5.91 Å². The smallest absolute Gasteiger partial charge is 0.224 e. The van der Waals surface area contributed by atoms with Crippen molar-refractivity contribution in [2.45, 2.75) is 65.0 Å². The van der Waals surface area contributed by atoms with Crippen molar-refractivity contribution in [3.63, 3.8) is 0 Å². The molecule has 1 amide bonds. The molecule has 1 aromatic carbocycles. The normalized spacial score (nSPS) is 18.0. The van der Waals surface area contributed by atoms with Gasteiger partial charge in [0.15, 0.2) is 5.96 Å². The molecule has 1 saturated heterocycles. The van der Waals surface area contributed by atoms with E-state index in [2.05, 4.69) is 32.8 Å². The number of piperidine rings is 1. The maximum Gasteiger partial charge on any atom is 0.224 e. The monoisotopic (exact) mass is 387 g/mol. The molecule has 1 fully saturated rings. The first-order valence-electron chi connectivity index (χ1n) is 10.7. The fraction of sp³-hybridized carbons (Fsp3) is 0.636. The predicted octanol–water partition coefficient (Wildman–Crippen LogP) is 3.35. The number of guanidine groups is 1. The number of hydrogen-bond acceptors (Lipinski definition) is 3. The molecule has 0 aliphatic carbocycles. The lowest BCUT2D eigenvalue weighted by atomic mass is 10.0. The van der Waals surface area contributed by atoms with E-state index in [4.69, 9.17) is 0 Å². The molecule has 0 bridgehead atoms. The van der Waals surface area contributed by atoms with Crippen LogP contribution in [-0.4, -0.2) is 49.5 Å². The van der Waals surface area contributed by atoms with Crippen molar-refractivity contribution in [1.82, 2.24) is 15.5 Å². The summed E-state index contributed by atoms with van der Waals surface area (Å²) in [6.45, 7) is 8.35. The van der Waals surface area contributed by atoms with Crippen molar-refractivity contribution in [1.29, 1.82) is 0 Å². The highest BCUT2D eigenvalue weighted by atomic mass is 16.1. The number of aliphatic imine (C=N–C) groups is 1. The van der Waals surface area contributed by atoms with Gasteiger partial charge < -0.3 is 20.9 Å². The Bertz CT molecular complexity index is 614. The number of amides is 1. The van der Waals surface area contributed by atoms with Crippen LogP contribution in [0.3, 0.4) is 0 Å². The van der Waals surface area contributed by atoms with Gasteiger partial charge in [-0.05, 0) is 56.8 Å². The van der Waals surface area contributed by atoms with E-state index < -0.39 is 0 Å². The lowest BCUT2D eigenvalue weighted by Gasteiger charge is -2.33. The van der Waals surface area contributed by atoms with Crippen LogP contribution in [0.1, 0.15) is 57.9 Å². The Morgan fingerprint density at radius 2 is 2.00 bits per heavy atom. The molecular weight excluding hydrogens is 350 g/mol. The van der Waals surface area contributed by atoms with E-state index in [1.165, 1.54) is 25.8 Å². The summed E-state index contributed by atoms with van der Waals surface area (Å²) >= 11 is 0. The van der Waals surface area contributed by atoms with Crippen LogP contribution in [0.2, 0.25) is 0 Å². The zero-order valence-corrected chi connectivity index (χ0v) is 17.8. The summed E-state index contributed by atoms with van der Waals surface area (Å²) in [6.07, 6.45) is 6.58. The van der Waals surface area contributed by atoms with Crippen LogP contribution in [0.5, 0.6) is 0 Å². The second-order valence-corrected chi connectivity index (χ2v) is 7.58. The number of anilines is 1. The van der Waals surface area contributed by atoms with Crippen molar-refractivity contribution in [2.24, 2.45) is 4.99 Å². The Balaban J connectivity index is 1.66. The highest BCUT2D eigenvalue weighted by Crippen LogP contribution is 2.16. The van der Waals surface area contributed by atoms with Gasteiger partial charge in [0.1, 0.15) is 0 Å². The minimum absolute atomic E-state index is 0.0666. The first-order chi connectivity index (χ1) is 13.6. The number of rotatable bonds is 9. The first kappa shape index (κ1) is 22.2. The van der Waals surface area contributed by atoms with E-state index in [0.29, 0.717) is 13.0 Å². The van der Waals surface area contributed by atoms with Gasteiger partial charge >= 0.3 is 0 Å². The van der Waals surface area contributed by atoms with Crippen molar-refractivity contribution in [3.05, 3.63) is 29.8 Å². The van der Waals surface area contributed by atoms with Crippen LogP contribution >= 0.6 is 0 Å². The second-order valence-electron chi connectivity index (χ2n) is 7.58. The third kappa shape index (κ3) is 7.89. The Morgan fingerprint density at radius 1 is 1.21 bits per heavy atom. The van der Waals surface area contributed by atoms with Gasteiger partial charge in [0.25, 0.3) is 0 Å². The molecule has 1 atom stereocenters. The van der Waals surface area contributed by atoms with Gasteiger partial charge in [0, 0.05) is 44.8 Å². The molecule has 1 heterocycles. The Labute approximate surface area is 170 Å². The quantitative estimate of drug-likeness (QED) is 0.345. The third-order valence-electron chi connectivity index (χ3n) is 5.25. The summed E-state index contributed by atoms with van der Waals surface area (Å²) < 4.78 is 0. The first-order valence-corrected chi connectivity index (χ1v) is 10.7. The molecule has 156 valence electrons. The van der Waals surface area contributed by atoms with E-state index in [-0.39, 0.29) is 5.91 Å². The molecule has 3 N–H and O–H groups in total. The lowest BCUT2D eigenvalue weighted by Crippen LogP contribution is -2.41. The molecule has 2 rings (SSSR count). The molecule has 1 aromatic rings. The van der Waals surface area contributed by atoms with Gasteiger partial charge in [-0.1, -0.05) is 25.5 Å². The fourth-order valence-corrected chi connectivity index (χ4v) is 3.54. The Morgan fingerprint density at radius 3 is 2.68 bits per heavy atom. The molecule has 0 aromatic heterocycles. The molecule has 0 radical (unpaired) electrons. The highest BCUT2D eigenvalue weighted by molar-refractivity contribution is 5.90. The van der Waals surface area contributed by atoms with Gasteiger partial charge in [-0.2, -0.15) is 0 Å². The van der Waals surface area contributed by atoms with Crippen LogP contribution < -0.4 is 16.0 Å². The van der Waals surface area contributed by atoms with Crippen molar-refractivity contribution in [3.8, 4) is 0 Å². The van der Waals surface area contributed by atoms with Crippen LogP contribution in [0, 0.1) is 0 Å². The molecule has 1 aliphatic rings. The van der Waals surface area contributed by atoms with Crippen molar-refractivity contribution in [2.75, 3.05) is 32.0 Å². The minimum Gasteiger partial charge on any atom is -0.356 e. The third-order valence-corrected chi connectivity index (χ3v) is 5.25. The largest absolute Gasteiger partial charge is 0.356 e. The molecule has 6 heteroatoms. The fourth-order valence-electron chi connectivity index (χ4n) is 3.54. The standard InChI is InChI=1S/C22H37N5O/c1-4-8-21(28)26-20-12-10-19(11-13-20)17-25-22(23-3)24-14-7-16-27-15-6-5-9-18(27)2/h10-13,18H,4-9,14-17H2,1-3H3,(H,26,28)(H2,23,24,25). The van der Waals surface area contributed by atoms with Crippen LogP contribution in [0.25, 0.3) is 0 Å². The molecule has 0 spiro atoms. The van der Waals surface area contributed by atoms with Crippen LogP contribution in [0.4, 0.5) is 5.69 Å². The Hall–Kier alpha value is -2.08. The molecule has 1 unspecified atom stereocenters. The van der Waals surface area contributed by atoms with E-state index in [1.807, 2.05) is 31.2 Å². The van der Waals surface area contributed by atoms with Gasteiger partial charge in [-0.25, -0.2) is 0 Å². The average Bonchev–Trinajstić information content (AvgIpc) is 2.70. The number of carbonyl (C=O) groups excluding carboxylic acids is 1. The van der Waals surface area contributed by atoms with E-state index in [0.717, 1.165) is 49.2 Å². The van der Waals surface area contributed by atoms with Gasteiger partial charge in [0.05, 0.1) is 0 Å². The van der Waals surface area contributed by atoms with E-state index in [1.54, 1.807) is 7.05 Å². The second kappa shape index (κ2) is 12.4. The number of hydrogen-bond donors (Lipinski definition) is 3. The summed E-state index contributed by atoms with van der Waals surface area (Å²) in [4.78, 5) is 18.5. The maximum atomic E-state index is 11.6. The van der Waals surface area contributed by atoms with Crippen LogP contribution in [0.15, 0.2) is 29.3 Å². The van der Waals surface area contributed by atoms with E-state index >= 15 is 0 Å². The van der Waals surface area contributed by atoms with Crippen molar-refractivity contribution < 1.29 is 4.79 Å². The Kier molecular flexibility index (Phi) is 9.83. The number of nitrogens with zero attached hydrogens (tertiary/aromatic N) is 2. The lowest BCUT2D eigenvalue weighted by molar-refractivity contribution is -0.116. The van der Waals surface area contributed by atoms with E-state index in [9.17, 15) is 4.79 Å². The summed E-state index contributed by atoms with van der Waals surface area (Å²) in [5, 5.41) is 9.66. The predicted molar refractivity (Wildman–Crippen MR) is 118 cm³/mol. The SMILES string of the molecule is CCCC(=O)Nc1ccc(CNC(=NC)NCCCN2CCCCC2C)cc1. The highest BCUT2D eigenvalue weighted by Gasteiger charge is 2.17. The van der Waals surface area contributed by atoms with Crippen molar-refractivity contribution >= 4 is 17.6 Å². The zero-order chi connectivity index (χ0) is 20.2. The number of benzene rings is 1. The van der Waals surface area contributed by atoms with Gasteiger partial charge in [-0.3, -0.25) is 9.79 Å². The summed E-state index contributed by atoms with van der Waals surface area (Å²) in [6, 6.07) is 8.67. The topological polar surface area (TPSA) is 68.8 Å². The number of likely N-dealkylation sites (tertiary alicyclic amines) is 1. The zero-order valence-electron chi connectivity index (χ0n) is 17.8. The van der Waals surface area contributed by atoms with Gasteiger partial charge in [-0.15, -0.1) is 0 Å². The van der Waals surface area contributed by atoms with Crippen LogP contribution in [-0.2, 0) is 11.3 Å². The summed E-state index contributed by atoms with van der Waals surface area (Å²) in [5.74, 6) is 0.893. The minimum atomic E-state index is 0.0666. The molecule has 1 aliphatic heterocycles. The summed E-state index contributed by atoms with van der Waals surface area (Å²) in [7, 11) is 1.80. The number of nitrogens with one attached hydrogen (secondary N) is 3. The summed E-state index contributed by atoms with van der Waals surface area (Å²) in [5.41, 5.74) is 2.00. The number of carbonyl (C=O) groups is 1. The molecule has 28 heavy (non-hydrogen) atoms. The average molecular weight is 388 g/mol. The molecular formula is C22H37N5O.